The van der Waals surface area contributed by atoms with Gasteiger partial charge in [0.05, 0.1) is 27.5 Å². The number of hydrogen-bond acceptors (Lipinski definition) is 11. The molecule has 42 heavy (non-hydrogen) atoms. The maximum absolute atomic E-state index is 12.8. The Morgan fingerprint density at radius 1 is 1.21 bits per heavy atom. The SMILES string of the molecule is CS(=O)(=O)Oc1cccc(Cl)c1C1CC(c2csc(C3CCN(C(=O)COc4ccnc(C(F)(F)F)n4)CC3)n2)=NO1. The van der Waals surface area contributed by atoms with Crippen LogP contribution in [0.25, 0.3) is 0 Å². The number of carbonyl (C=O) groups excluding carboxylic acids is 1. The van der Waals surface area contributed by atoms with E-state index < -0.39 is 34.8 Å². The van der Waals surface area contributed by atoms with Crippen molar-refractivity contribution in [3.8, 4) is 11.6 Å². The van der Waals surface area contributed by atoms with Gasteiger partial charge in [0.1, 0.15) is 5.71 Å². The van der Waals surface area contributed by atoms with E-state index in [2.05, 4.69) is 15.1 Å². The smallest absolute Gasteiger partial charge is 0.451 e. The molecule has 1 fully saturated rings. The standard InChI is InChI=1S/C25H23ClF3N5O6S2/c1-42(36,37)40-18-4-2-3-15(26)22(18)19-11-16(33-39-19)17-13-41-23(31-17)14-6-9-34(10-7-14)21(35)12-38-20-5-8-30-24(32-20)25(27,28)29/h2-5,8,13-14,19H,6-7,9-12H2,1H3. The molecule has 0 bridgehead atoms. The molecule has 1 saturated heterocycles. The summed E-state index contributed by atoms with van der Waals surface area (Å²) in [4.78, 5) is 31.0. The van der Waals surface area contributed by atoms with Gasteiger partial charge in [-0.3, -0.25) is 4.79 Å². The van der Waals surface area contributed by atoms with Crippen LogP contribution < -0.4 is 8.92 Å². The molecule has 3 aromatic rings. The highest BCUT2D eigenvalue weighted by Gasteiger charge is 2.35. The number of oxime groups is 1. The lowest BCUT2D eigenvalue weighted by Crippen LogP contribution is -2.40. The maximum atomic E-state index is 12.8. The van der Waals surface area contributed by atoms with Crippen molar-refractivity contribution >= 4 is 44.7 Å². The number of benzene rings is 1. The number of alkyl halides is 3. The van der Waals surface area contributed by atoms with E-state index in [4.69, 9.17) is 30.3 Å². The third-order valence-electron chi connectivity index (χ3n) is 6.49. The summed E-state index contributed by atoms with van der Waals surface area (Å²) in [6, 6.07) is 5.84. The van der Waals surface area contributed by atoms with E-state index in [1.165, 1.54) is 17.4 Å². The highest BCUT2D eigenvalue weighted by atomic mass is 35.5. The molecule has 1 atom stereocenters. The largest absolute Gasteiger partial charge is 0.467 e. The van der Waals surface area contributed by atoms with Gasteiger partial charge in [-0.1, -0.05) is 22.8 Å². The minimum Gasteiger partial charge on any atom is -0.467 e. The Morgan fingerprint density at radius 3 is 2.69 bits per heavy atom. The lowest BCUT2D eigenvalue weighted by atomic mass is 9.97. The van der Waals surface area contributed by atoms with E-state index in [9.17, 15) is 26.4 Å². The van der Waals surface area contributed by atoms with Gasteiger partial charge in [0.25, 0.3) is 5.91 Å². The third-order valence-corrected chi connectivity index (χ3v) is 8.31. The van der Waals surface area contributed by atoms with Crippen LogP contribution in [-0.2, 0) is 25.9 Å². The van der Waals surface area contributed by atoms with Crippen LogP contribution in [-0.4, -0.2) is 65.8 Å². The Hall–Kier alpha value is -3.50. The molecule has 0 saturated carbocycles. The van der Waals surface area contributed by atoms with Gasteiger partial charge in [0.15, 0.2) is 18.5 Å². The average molecular weight is 646 g/mol. The van der Waals surface area contributed by atoms with Gasteiger partial charge in [-0.05, 0) is 25.0 Å². The molecule has 1 unspecified atom stereocenters. The van der Waals surface area contributed by atoms with Gasteiger partial charge >= 0.3 is 16.3 Å². The molecule has 2 aliphatic heterocycles. The molecule has 0 N–H and O–H groups in total. The van der Waals surface area contributed by atoms with Gasteiger partial charge in [-0.2, -0.15) is 26.6 Å². The third kappa shape index (κ3) is 7.10. The first kappa shape index (κ1) is 30.0. The fourth-order valence-corrected chi connectivity index (χ4v) is 6.28. The summed E-state index contributed by atoms with van der Waals surface area (Å²) in [7, 11) is -3.79. The zero-order valence-corrected chi connectivity index (χ0v) is 24.3. The Balaban J connectivity index is 1.15. The second-order valence-electron chi connectivity index (χ2n) is 9.51. The maximum Gasteiger partial charge on any atom is 0.451 e. The summed E-state index contributed by atoms with van der Waals surface area (Å²) in [6.07, 6.45) is -1.92. The summed E-state index contributed by atoms with van der Waals surface area (Å²) in [5.41, 5.74) is 1.58. The second kappa shape index (κ2) is 12.0. The average Bonchev–Trinajstić information content (AvgIpc) is 3.61. The van der Waals surface area contributed by atoms with Crippen LogP contribution in [0.1, 0.15) is 53.4 Å². The first-order valence-corrected chi connectivity index (χ1v) is 15.6. The lowest BCUT2D eigenvalue weighted by Gasteiger charge is -2.31. The molecule has 2 aromatic heterocycles. The summed E-state index contributed by atoms with van der Waals surface area (Å²) >= 11 is 7.81. The molecule has 17 heteroatoms. The van der Waals surface area contributed by atoms with Crippen molar-refractivity contribution in [2.75, 3.05) is 26.0 Å². The van der Waals surface area contributed by atoms with Crippen LogP contribution in [0.5, 0.6) is 11.6 Å². The van der Waals surface area contributed by atoms with E-state index in [1.54, 1.807) is 17.0 Å². The van der Waals surface area contributed by atoms with Crippen molar-refractivity contribution in [3.63, 3.8) is 0 Å². The van der Waals surface area contributed by atoms with Gasteiger partial charge in [-0.25, -0.2) is 9.97 Å². The van der Waals surface area contributed by atoms with Crippen molar-refractivity contribution in [1.29, 1.82) is 0 Å². The Labute approximate surface area is 247 Å². The number of piperidine rings is 1. The zero-order valence-electron chi connectivity index (χ0n) is 21.9. The molecule has 4 heterocycles. The molecular weight excluding hydrogens is 623 g/mol. The van der Waals surface area contributed by atoms with Gasteiger partial charge in [0.2, 0.25) is 11.7 Å². The van der Waals surface area contributed by atoms with Crippen LogP contribution in [0.15, 0.2) is 41.0 Å². The zero-order chi connectivity index (χ0) is 30.1. The minimum absolute atomic E-state index is 0.0696. The molecule has 1 aromatic carbocycles. The van der Waals surface area contributed by atoms with Crippen molar-refractivity contribution < 1.29 is 40.1 Å². The van der Waals surface area contributed by atoms with Crippen molar-refractivity contribution in [2.24, 2.45) is 5.16 Å². The number of aromatic nitrogens is 3. The number of hydrogen-bond donors (Lipinski definition) is 0. The number of likely N-dealkylation sites (tertiary alicyclic amines) is 1. The molecule has 0 spiro atoms. The van der Waals surface area contributed by atoms with Crippen LogP contribution in [0, 0.1) is 0 Å². The van der Waals surface area contributed by atoms with Crippen LogP contribution in [0.3, 0.4) is 0 Å². The van der Waals surface area contributed by atoms with E-state index in [0.717, 1.165) is 23.5 Å². The molecule has 11 nitrogen and oxygen atoms in total. The predicted molar refractivity (Wildman–Crippen MR) is 145 cm³/mol. The summed E-state index contributed by atoms with van der Waals surface area (Å²) < 4.78 is 72.0. The van der Waals surface area contributed by atoms with Crippen LogP contribution in [0.2, 0.25) is 5.02 Å². The number of ether oxygens (including phenoxy) is 1. The van der Waals surface area contributed by atoms with E-state index in [-0.39, 0.29) is 28.5 Å². The molecule has 224 valence electrons. The van der Waals surface area contributed by atoms with E-state index in [0.29, 0.717) is 49.3 Å². The van der Waals surface area contributed by atoms with Crippen molar-refractivity contribution in [1.82, 2.24) is 19.9 Å². The lowest BCUT2D eigenvalue weighted by molar-refractivity contribution is -0.145. The van der Waals surface area contributed by atoms with Gasteiger partial charge in [0, 0.05) is 43.1 Å². The van der Waals surface area contributed by atoms with Gasteiger partial charge < -0.3 is 18.7 Å². The van der Waals surface area contributed by atoms with Crippen LogP contribution >= 0.6 is 22.9 Å². The number of amides is 1. The van der Waals surface area contributed by atoms with Crippen molar-refractivity contribution in [2.45, 2.75) is 37.5 Å². The van der Waals surface area contributed by atoms with Crippen LogP contribution in [0.4, 0.5) is 13.2 Å². The van der Waals surface area contributed by atoms with E-state index in [1.807, 2.05) is 5.38 Å². The number of nitrogens with zero attached hydrogens (tertiary/aromatic N) is 5. The summed E-state index contributed by atoms with van der Waals surface area (Å²) in [6.45, 7) is 0.423. The number of thiazole rings is 1. The second-order valence-corrected chi connectivity index (χ2v) is 12.4. The summed E-state index contributed by atoms with van der Waals surface area (Å²) in [5, 5.41) is 7.18. The molecule has 0 aliphatic carbocycles. The fourth-order valence-electron chi connectivity index (χ4n) is 4.52. The fraction of sp³-hybridized carbons (Fsp3) is 0.400. The predicted octanol–water partition coefficient (Wildman–Crippen LogP) is 4.59. The first-order valence-electron chi connectivity index (χ1n) is 12.5. The molecular formula is C25H23ClF3N5O6S2. The Kier molecular flexibility index (Phi) is 8.57. The highest BCUT2D eigenvalue weighted by molar-refractivity contribution is 7.86. The van der Waals surface area contributed by atoms with E-state index >= 15 is 0 Å². The molecule has 5 rings (SSSR count). The number of carbonyl (C=O) groups is 1. The monoisotopic (exact) mass is 645 g/mol. The first-order chi connectivity index (χ1) is 19.9. The van der Waals surface area contributed by atoms with Gasteiger partial charge in [-0.15, -0.1) is 11.3 Å². The number of rotatable bonds is 8. The normalized spacial score (nSPS) is 18.0. The minimum atomic E-state index is -4.71. The molecule has 1 amide bonds. The Bertz CT molecular complexity index is 1610. The quantitative estimate of drug-likeness (QED) is 0.323. The van der Waals surface area contributed by atoms with Crippen molar-refractivity contribution in [3.05, 3.63) is 63.0 Å². The highest BCUT2D eigenvalue weighted by Crippen LogP contribution is 2.40. The molecule has 2 aliphatic rings. The Morgan fingerprint density at radius 2 is 1.98 bits per heavy atom. The summed E-state index contributed by atoms with van der Waals surface area (Å²) in [5.74, 6) is -1.85. The topological polar surface area (TPSA) is 133 Å². The number of halogens is 4. The molecule has 0 radical (unpaired) electrons.